The van der Waals surface area contributed by atoms with Gasteiger partial charge in [-0.2, -0.15) is 0 Å². The molecule has 0 aromatic heterocycles. The summed E-state index contributed by atoms with van der Waals surface area (Å²) in [5.74, 6) is 0. The van der Waals surface area contributed by atoms with Crippen molar-refractivity contribution >= 4 is 0 Å². The first kappa shape index (κ1) is 13.5. The maximum atomic E-state index is 10.6. The van der Waals surface area contributed by atoms with Gasteiger partial charge in [0.25, 0.3) is 0 Å². The van der Waals surface area contributed by atoms with Crippen LogP contribution in [0.3, 0.4) is 0 Å². The molecule has 0 atom stereocenters. The van der Waals surface area contributed by atoms with Gasteiger partial charge in [0.05, 0.1) is 5.60 Å². The number of allylic oxidation sites excluding steroid dienone is 5. The third-order valence-corrected chi connectivity index (χ3v) is 3.84. The van der Waals surface area contributed by atoms with Crippen LogP contribution < -0.4 is 5.73 Å². The van der Waals surface area contributed by atoms with Crippen LogP contribution in [0.5, 0.6) is 0 Å². The fourth-order valence-corrected chi connectivity index (χ4v) is 2.69. The number of nitrogens with two attached hydrogens (primary N) is 1. The molecule has 0 aromatic carbocycles. The maximum absolute atomic E-state index is 10.6. The van der Waals surface area contributed by atoms with E-state index in [4.69, 9.17) is 5.73 Å². The Morgan fingerprint density at radius 3 is 2.78 bits per heavy atom. The van der Waals surface area contributed by atoms with E-state index in [9.17, 15) is 5.11 Å². The topological polar surface area (TPSA) is 49.5 Å². The number of nitrogens with zero attached hydrogens (tertiary/aromatic N) is 1. The largest absolute Gasteiger partial charge is 0.389 e. The van der Waals surface area contributed by atoms with Gasteiger partial charge in [-0.15, -0.1) is 0 Å². The number of rotatable bonds is 4. The highest BCUT2D eigenvalue weighted by Gasteiger charge is 2.32. The van der Waals surface area contributed by atoms with Crippen LogP contribution in [-0.4, -0.2) is 41.8 Å². The molecule has 0 amide bonds. The van der Waals surface area contributed by atoms with E-state index >= 15 is 0 Å². The van der Waals surface area contributed by atoms with Crippen LogP contribution in [0.25, 0.3) is 0 Å². The van der Waals surface area contributed by atoms with Crippen molar-refractivity contribution < 1.29 is 5.11 Å². The molecule has 18 heavy (non-hydrogen) atoms. The second-order valence-corrected chi connectivity index (χ2v) is 5.33. The van der Waals surface area contributed by atoms with Crippen molar-refractivity contribution in [2.75, 3.05) is 26.2 Å². The minimum Gasteiger partial charge on any atom is -0.389 e. The van der Waals surface area contributed by atoms with Gasteiger partial charge in [-0.05, 0) is 24.8 Å². The Kier molecular flexibility index (Phi) is 4.75. The highest BCUT2D eigenvalue weighted by molar-refractivity contribution is 5.27. The van der Waals surface area contributed by atoms with Gasteiger partial charge in [0.15, 0.2) is 0 Å². The van der Waals surface area contributed by atoms with Crippen LogP contribution >= 0.6 is 0 Å². The Hall–Kier alpha value is -0.900. The smallest absolute Gasteiger partial charge is 0.0712 e. The normalized spacial score (nSPS) is 23.8. The van der Waals surface area contributed by atoms with Gasteiger partial charge in [0, 0.05) is 32.6 Å². The molecule has 3 N–H and O–H groups in total. The zero-order valence-electron chi connectivity index (χ0n) is 11.0. The summed E-state index contributed by atoms with van der Waals surface area (Å²) in [6.07, 6.45) is 14.1. The van der Waals surface area contributed by atoms with E-state index in [1.807, 2.05) is 0 Å². The van der Waals surface area contributed by atoms with Crippen LogP contribution in [0, 0.1) is 0 Å². The standard InChI is InChI=1S/C15H24N2O/c16-9-12-17-10-7-15(18,8-11-17)13-14-5-3-1-2-4-6-14/h1-3,5-6,18H,4,7-13,16H2. The highest BCUT2D eigenvalue weighted by Crippen LogP contribution is 2.29. The minimum absolute atomic E-state index is 0.522. The van der Waals surface area contributed by atoms with E-state index in [1.165, 1.54) is 5.57 Å². The molecule has 2 aliphatic rings. The second kappa shape index (κ2) is 6.32. The lowest BCUT2D eigenvalue weighted by Gasteiger charge is -2.38. The van der Waals surface area contributed by atoms with Crippen molar-refractivity contribution in [2.45, 2.75) is 31.3 Å². The fourth-order valence-electron chi connectivity index (χ4n) is 2.69. The van der Waals surface area contributed by atoms with Gasteiger partial charge in [0.1, 0.15) is 0 Å². The lowest BCUT2D eigenvalue weighted by atomic mass is 9.85. The predicted octanol–water partition coefficient (Wildman–Crippen LogP) is 1.60. The average molecular weight is 248 g/mol. The van der Waals surface area contributed by atoms with Crippen LogP contribution in [0.4, 0.5) is 0 Å². The van der Waals surface area contributed by atoms with E-state index in [1.54, 1.807) is 0 Å². The summed E-state index contributed by atoms with van der Waals surface area (Å²) in [5.41, 5.74) is 6.30. The number of aliphatic hydroxyl groups is 1. The molecule has 100 valence electrons. The first-order valence-corrected chi connectivity index (χ1v) is 6.89. The summed E-state index contributed by atoms with van der Waals surface area (Å²) < 4.78 is 0. The summed E-state index contributed by atoms with van der Waals surface area (Å²) in [7, 11) is 0. The first-order chi connectivity index (χ1) is 8.72. The van der Waals surface area contributed by atoms with Crippen molar-refractivity contribution in [1.29, 1.82) is 0 Å². The molecule has 1 saturated heterocycles. The zero-order valence-corrected chi connectivity index (χ0v) is 11.0. The van der Waals surface area contributed by atoms with Crippen molar-refractivity contribution in [3.63, 3.8) is 0 Å². The van der Waals surface area contributed by atoms with Crippen LogP contribution in [0.15, 0.2) is 36.0 Å². The Balaban J connectivity index is 1.87. The van der Waals surface area contributed by atoms with Gasteiger partial charge in [-0.25, -0.2) is 0 Å². The Morgan fingerprint density at radius 2 is 2.06 bits per heavy atom. The second-order valence-electron chi connectivity index (χ2n) is 5.33. The molecular weight excluding hydrogens is 224 g/mol. The molecule has 1 aliphatic heterocycles. The SMILES string of the molecule is NCCN1CCC(O)(CC2=CCC=CC=C2)CC1. The van der Waals surface area contributed by atoms with E-state index in [0.29, 0.717) is 6.54 Å². The Labute approximate surface area is 110 Å². The Morgan fingerprint density at radius 1 is 1.28 bits per heavy atom. The summed E-state index contributed by atoms with van der Waals surface area (Å²) in [6.45, 7) is 3.58. The fraction of sp³-hybridized carbons (Fsp3) is 0.600. The van der Waals surface area contributed by atoms with E-state index < -0.39 is 5.60 Å². The third-order valence-electron chi connectivity index (χ3n) is 3.84. The number of likely N-dealkylation sites (tertiary alicyclic amines) is 1. The molecule has 0 bridgehead atoms. The van der Waals surface area contributed by atoms with E-state index in [2.05, 4.69) is 35.3 Å². The van der Waals surface area contributed by atoms with Crippen LogP contribution in [-0.2, 0) is 0 Å². The molecule has 1 fully saturated rings. The molecule has 3 heteroatoms. The molecule has 1 heterocycles. The number of hydrogen-bond acceptors (Lipinski definition) is 3. The van der Waals surface area contributed by atoms with Crippen molar-refractivity contribution in [2.24, 2.45) is 5.73 Å². The zero-order chi connectivity index (χ0) is 12.8. The van der Waals surface area contributed by atoms with Gasteiger partial charge < -0.3 is 15.7 Å². The minimum atomic E-state index is -0.522. The van der Waals surface area contributed by atoms with Gasteiger partial charge in [-0.1, -0.05) is 30.4 Å². The molecule has 1 aliphatic carbocycles. The summed E-state index contributed by atoms with van der Waals surface area (Å²) in [4.78, 5) is 2.34. The third kappa shape index (κ3) is 3.80. The summed E-state index contributed by atoms with van der Waals surface area (Å²) >= 11 is 0. The van der Waals surface area contributed by atoms with E-state index in [-0.39, 0.29) is 0 Å². The molecular formula is C15H24N2O. The Bertz CT molecular complexity index is 350. The summed E-state index contributed by atoms with van der Waals surface area (Å²) in [6, 6.07) is 0. The van der Waals surface area contributed by atoms with Crippen molar-refractivity contribution in [3.8, 4) is 0 Å². The average Bonchev–Trinajstić information content (AvgIpc) is 2.61. The molecule has 0 spiro atoms. The monoisotopic (exact) mass is 248 g/mol. The lowest BCUT2D eigenvalue weighted by Crippen LogP contribution is -2.45. The highest BCUT2D eigenvalue weighted by atomic mass is 16.3. The van der Waals surface area contributed by atoms with Crippen LogP contribution in [0.2, 0.25) is 0 Å². The van der Waals surface area contributed by atoms with Gasteiger partial charge in [0.2, 0.25) is 0 Å². The number of piperidine rings is 1. The first-order valence-electron chi connectivity index (χ1n) is 6.89. The van der Waals surface area contributed by atoms with Crippen molar-refractivity contribution in [3.05, 3.63) is 36.0 Å². The van der Waals surface area contributed by atoms with E-state index in [0.717, 1.165) is 45.3 Å². The molecule has 0 saturated carbocycles. The molecule has 3 nitrogen and oxygen atoms in total. The number of hydrogen-bond donors (Lipinski definition) is 2. The predicted molar refractivity (Wildman–Crippen MR) is 75.3 cm³/mol. The molecule has 0 aromatic rings. The quantitative estimate of drug-likeness (QED) is 0.794. The summed E-state index contributed by atoms with van der Waals surface area (Å²) in [5, 5.41) is 10.6. The lowest BCUT2D eigenvalue weighted by molar-refractivity contribution is -0.0192. The van der Waals surface area contributed by atoms with Gasteiger partial charge >= 0.3 is 0 Å². The van der Waals surface area contributed by atoms with Gasteiger partial charge in [-0.3, -0.25) is 0 Å². The molecule has 0 unspecified atom stereocenters. The van der Waals surface area contributed by atoms with Crippen LogP contribution in [0.1, 0.15) is 25.7 Å². The molecule has 0 radical (unpaired) electrons. The molecule has 2 rings (SSSR count). The maximum Gasteiger partial charge on any atom is 0.0712 e. The van der Waals surface area contributed by atoms with Crippen molar-refractivity contribution in [1.82, 2.24) is 4.90 Å².